The van der Waals surface area contributed by atoms with Gasteiger partial charge in [-0.15, -0.1) is 0 Å². The van der Waals surface area contributed by atoms with Crippen molar-refractivity contribution in [3.05, 3.63) is 0 Å². The van der Waals surface area contributed by atoms with Crippen LogP contribution >= 0.6 is 0 Å². The van der Waals surface area contributed by atoms with Crippen molar-refractivity contribution in [3.8, 4) is 0 Å². The van der Waals surface area contributed by atoms with Gasteiger partial charge < -0.3 is 19.9 Å². The van der Waals surface area contributed by atoms with Crippen LogP contribution in [-0.4, -0.2) is 73.1 Å². The lowest BCUT2D eigenvalue weighted by Gasteiger charge is -2.21. The highest BCUT2D eigenvalue weighted by molar-refractivity contribution is 5.85. The molecule has 3 heterocycles. The fourth-order valence-corrected chi connectivity index (χ4v) is 4.02. The van der Waals surface area contributed by atoms with Gasteiger partial charge in [0.2, 0.25) is 5.91 Å². The van der Waals surface area contributed by atoms with Crippen LogP contribution in [0, 0.1) is 5.41 Å². The first-order chi connectivity index (χ1) is 11.4. The second-order valence-corrected chi connectivity index (χ2v) is 8.20. The summed E-state index contributed by atoms with van der Waals surface area (Å²) in [5.41, 5.74) is 0.391. The summed E-state index contributed by atoms with van der Waals surface area (Å²) in [5, 5.41) is 2.98. The minimum atomic E-state index is -0.462. The van der Waals surface area contributed by atoms with Crippen molar-refractivity contribution in [2.75, 3.05) is 39.3 Å². The van der Waals surface area contributed by atoms with Crippen LogP contribution in [-0.2, 0) is 14.3 Å². The Labute approximate surface area is 144 Å². The highest BCUT2D eigenvalue weighted by atomic mass is 16.5. The first-order valence-electron chi connectivity index (χ1n) is 9.39. The van der Waals surface area contributed by atoms with Gasteiger partial charge >= 0.3 is 0 Å². The number of likely N-dealkylation sites (tertiary alicyclic amines) is 2. The van der Waals surface area contributed by atoms with Gasteiger partial charge in [-0.2, -0.15) is 0 Å². The fraction of sp³-hybridized carbons (Fsp3) is 0.889. The molecule has 3 fully saturated rings. The van der Waals surface area contributed by atoms with Crippen molar-refractivity contribution < 1.29 is 14.3 Å². The van der Waals surface area contributed by atoms with Crippen molar-refractivity contribution in [2.45, 2.75) is 58.2 Å². The predicted molar refractivity (Wildman–Crippen MR) is 91.6 cm³/mol. The van der Waals surface area contributed by atoms with E-state index in [9.17, 15) is 9.59 Å². The maximum absolute atomic E-state index is 12.3. The molecule has 136 valence electrons. The number of nitrogens with one attached hydrogen (secondary N) is 1. The molecule has 0 aromatic rings. The molecule has 0 spiro atoms. The minimum absolute atomic E-state index is 0.0646. The third-order valence-corrected chi connectivity index (χ3v) is 5.49. The van der Waals surface area contributed by atoms with E-state index < -0.39 is 12.2 Å². The Hall–Kier alpha value is -1.14. The molecule has 3 saturated heterocycles. The lowest BCUT2D eigenvalue weighted by atomic mass is 9.93. The molecule has 2 amide bonds. The summed E-state index contributed by atoms with van der Waals surface area (Å²) in [6.45, 7) is 9.98. The molecule has 1 N–H and O–H groups in total. The maximum Gasteiger partial charge on any atom is 0.251 e. The van der Waals surface area contributed by atoms with Crippen molar-refractivity contribution in [2.24, 2.45) is 5.41 Å². The summed E-state index contributed by atoms with van der Waals surface area (Å²) in [4.78, 5) is 28.9. The zero-order chi connectivity index (χ0) is 17.2. The Bertz CT molecular complexity index is 474. The molecule has 0 aromatic heterocycles. The SMILES string of the molecule is CC1(C)CCN(CCNC(=O)[C@@H]2CC[C@H](C(=O)N3CCCC3)O2)C1. The lowest BCUT2D eigenvalue weighted by molar-refractivity contribution is -0.145. The average molecular weight is 337 g/mol. The normalized spacial score (nSPS) is 30.0. The highest BCUT2D eigenvalue weighted by Crippen LogP contribution is 2.28. The van der Waals surface area contributed by atoms with Gasteiger partial charge in [-0.1, -0.05) is 13.8 Å². The van der Waals surface area contributed by atoms with E-state index in [1.54, 1.807) is 0 Å². The number of nitrogens with zero attached hydrogens (tertiary/aromatic N) is 2. The van der Waals surface area contributed by atoms with E-state index in [1.165, 1.54) is 6.42 Å². The summed E-state index contributed by atoms with van der Waals surface area (Å²) >= 11 is 0. The Morgan fingerprint density at radius 2 is 1.83 bits per heavy atom. The third kappa shape index (κ3) is 4.28. The van der Waals surface area contributed by atoms with Crippen LogP contribution in [0.25, 0.3) is 0 Å². The van der Waals surface area contributed by atoms with Crippen molar-refractivity contribution in [1.82, 2.24) is 15.1 Å². The number of hydrogen-bond acceptors (Lipinski definition) is 4. The summed E-state index contributed by atoms with van der Waals surface area (Å²) in [7, 11) is 0. The molecule has 0 aromatic carbocycles. The Kier molecular flexibility index (Phi) is 5.45. The Morgan fingerprint density at radius 3 is 2.50 bits per heavy atom. The van der Waals surface area contributed by atoms with Crippen molar-refractivity contribution in [3.63, 3.8) is 0 Å². The van der Waals surface area contributed by atoms with E-state index >= 15 is 0 Å². The van der Waals surface area contributed by atoms with Gasteiger partial charge in [0, 0.05) is 32.7 Å². The van der Waals surface area contributed by atoms with Crippen LogP contribution in [0.2, 0.25) is 0 Å². The Balaban J connectivity index is 1.36. The van der Waals surface area contributed by atoms with Crippen LogP contribution in [0.15, 0.2) is 0 Å². The fourth-order valence-electron chi connectivity index (χ4n) is 4.02. The molecule has 6 heteroatoms. The summed E-state index contributed by atoms with van der Waals surface area (Å²) < 4.78 is 5.74. The second-order valence-electron chi connectivity index (χ2n) is 8.20. The van der Waals surface area contributed by atoms with Gasteiger partial charge in [-0.05, 0) is 44.1 Å². The summed E-state index contributed by atoms with van der Waals surface area (Å²) in [5.74, 6) is 0.00674. The minimum Gasteiger partial charge on any atom is -0.355 e. The van der Waals surface area contributed by atoms with Crippen LogP contribution < -0.4 is 5.32 Å². The number of carbonyl (C=O) groups is 2. The molecule has 0 aliphatic carbocycles. The van der Waals surface area contributed by atoms with Gasteiger partial charge in [0.1, 0.15) is 12.2 Å². The number of amides is 2. The molecule has 3 aliphatic heterocycles. The molecule has 3 rings (SSSR count). The van der Waals surface area contributed by atoms with E-state index in [1.807, 2.05) is 4.90 Å². The predicted octanol–water partition coefficient (Wildman–Crippen LogP) is 1.00. The van der Waals surface area contributed by atoms with Gasteiger partial charge in [-0.3, -0.25) is 9.59 Å². The molecular formula is C18H31N3O3. The largest absolute Gasteiger partial charge is 0.355 e. The number of carbonyl (C=O) groups excluding carboxylic acids is 2. The molecule has 6 nitrogen and oxygen atoms in total. The number of hydrogen-bond donors (Lipinski definition) is 1. The molecule has 3 aliphatic rings. The van der Waals surface area contributed by atoms with Gasteiger partial charge in [-0.25, -0.2) is 0 Å². The first kappa shape index (κ1) is 17.7. The molecule has 0 unspecified atom stereocenters. The number of ether oxygens (including phenoxy) is 1. The Morgan fingerprint density at radius 1 is 1.12 bits per heavy atom. The monoisotopic (exact) mass is 337 g/mol. The maximum atomic E-state index is 12.3. The highest BCUT2D eigenvalue weighted by Gasteiger charge is 2.37. The van der Waals surface area contributed by atoms with E-state index in [-0.39, 0.29) is 11.8 Å². The van der Waals surface area contributed by atoms with E-state index in [0.29, 0.717) is 24.8 Å². The molecule has 0 saturated carbocycles. The van der Waals surface area contributed by atoms with E-state index in [0.717, 1.165) is 45.6 Å². The molecule has 2 atom stereocenters. The van der Waals surface area contributed by atoms with E-state index in [2.05, 4.69) is 24.1 Å². The average Bonchev–Trinajstić information content (AvgIpc) is 3.27. The second kappa shape index (κ2) is 7.40. The lowest BCUT2D eigenvalue weighted by Crippen LogP contribution is -2.41. The topological polar surface area (TPSA) is 61.9 Å². The third-order valence-electron chi connectivity index (χ3n) is 5.49. The first-order valence-corrected chi connectivity index (χ1v) is 9.39. The van der Waals surface area contributed by atoms with E-state index in [4.69, 9.17) is 4.74 Å². The zero-order valence-corrected chi connectivity index (χ0v) is 15.1. The number of rotatable bonds is 5. The molecule has 24 heavy (non-hydrogen) atoms. The van der Waals surface area contributed by atoms with Crippen LogP contribution in [0.4, 0.5) is 0 Å². The summed E-state index contributed by atoms with van der Waals surface area (Å²) in [6, 6.07) is 0. The van der Waals surface area contributed by atoms with Gasteiger partial charge in [0.15, 0.2) is 0 Å². The van der Waals surface area contributed by atoms with Crippen LogP contribution in [0.3, 0.4) is 0 Å². The van der Waals surface area contributed by atoms with Crippen LogP contribution in [0.5, 0.6) is 0 Å². The molecule has 0 bridgehead atoms. The zero-order valence-electron chi connectivity index (χ0n) is 15.1. The van der Waals surface area contributed by atoms with Gasteiger partial charge in [0.05, 0.1) is 0 Å². The molecular weight excluding hydrogens is 306 g/mol. The summed E-state index contributed by atoms with van der Waals surface area (Å²) in [6.07, 6.45) is 3.80. The van der Waals surface area contributed by atoms with Gasteiger partial charge in [0.25, 0.3) is 5.91 Å². The smallest absolute Gasteiger partial charge is 0.251 e. The van der Waals surface area contributed by atoms with Crippen molar-refractivity contribution in [1.29, 1.82) is 0 Å². The van der Waals surface area contributed by atoms with Crippen molar-refractivity contribution >= 4 is 11.8 Å². The molecule has 0 radical (unpaired) electrons. The quantitative estimate of drug-likeness (QED) is 0.813. The standard InChI is InChI=1S/C18H31N3O3/c1-18(2)7-11-20(13-18)12-8-19-16(22)14-5-6-15(24-14)17(23)21-9-3-4-10-21/h14-15H,3-13H2,1-2H3,(H,19,22)/t14-,15+/m0/s1. The van der Waals surface area contributed by atoms with Crippen LogP contribution in [0.1, 0.15) is 46.0 Å².